The molecule has 1 aliphatic rings. The second-order valence-electron chi connectivity index (χ2n) is 9.37. The van der Waals surface area contributed by atoms with Crippen LogP contribution >= 0.6 is 11.3 Å². The van der Waals surface area contributed by atoms with E-state index in [0.717, 1.165) is 25.2 Å². The Hall–Kier alpha value is -3.88. The summed E-state index contributed by atoms with van der Waals surface area (Å²) in [6.45, 7) is 4.99. The van der Waals surface area contributed by atoms with Gasteiger partial charge in [0.2, 0.25) is 0 Å². The van der Waals surface area contributed by atoms with E-state index in [9.17, 15) is 19.8 Å². The molecule has 1 saturated heterocycles. The molecule has 0 unspecified atom stereocenters. The average molecular weight is 532 g/mol. The summed E-state index contributed by atoms with van der Waals surface area (Å²) in [6.07, 6.45) is 3.77. The number of thiophene rings is 1. The Morgan fingerprint density at radius 1 is 0.921 bits per heavy atom. The fourth-order valence-corrected chi connectivity index (χ4v) is 6.02. The Morgan fingerprint density at radius 3 is 2.32 bits per heavy atom. The zero-order valence-electron chi connectivity index (χ0n) is 21.1. The van der Waals surface area contributed by atoms with Crippen LogP contribution in [0.3, 0.4) is 0 Å². The van der Waals surface area contributed by atoms with E-state index >= 15 is 0 Å². The van der Waals surface area contributed by atoms with Crippen LogP contribution in [0.2, 0.25) is 0 Å². The van der Waals surface area contributed by atoms with Crippen molar-refractivity contribution < 1.29 is 29.3 Å². The molecule has 1 fully saturated rings. The van der Waals surface area contributed by atoms with E-state index in [-0.39, 0.29) is 23.0 Å². The Labute approximate surface area is 224 Å². The molecule has 7 nitrogen and oxygen atoms in total. The highest BCUT2D eigenvalue weighted by Crippen LogP contribution is 2.45. The SMILES string of the molecule is CC(=O)Oc1cc(O)c2c(C(=O)c3ccc(OCCN4CCCCC4)cc3)c(-c3ccc(O)cc3)sc2c1. The fraction of sp³-hybridized carbons (Fsp3) is 0.267. The van der Waals surface area contributed by atoms with Gasteiger partial charge in [-0.3, -0.25) is 14.5 Å². The van der Waals surface area contributed by atoms with E-state index in [4.69, 9.17) is 9.47 Å². The van der Waals surface area contributed by atoms with Crippen molar-refractivity contribution in [3.63, 3.8) is 0 Å². The molecule has 0 atom stereocenters. The molecule has 0 bridgehead atoms. The van der Waals surface area contributed by atoms with Crippen LogP contribution in [0, 0.1) is 0 Å². The van der Waals surface area contributed by atoms with Crippen LogP contribution in [0.15, 0.2) is 60.7 Å². The summed E-state index contributed by atoms with van der Waals surface area (Å²) in [5, 5.41) is 21.0. The number of fused-ring (bicyclic) bond motifs is 1. The van der Waals surface area contributed by atoms with Crippen molar-refractivity contribution in [2.75, 3.05) is 26.2 Å². The van der Waals surface area contributed by atoms with Crippen LogP contribution < -0.4 is 9.47 Å². The molecule has 0 spiro atoms. The number of hydrogen-bond donors (Lipinski definition) is 2. The van der Waals surface area contributed by atoms with Gasteiger partial charge in [-0.25, -0.2) is 0 Å². The number of likely N-dealkylation sites (tertiary alicyclic amines) is 1. The fourth-order valence-electron chi connectivity index (χ4n) is 4.76. The van der Waals surface area contributed by atoms with Gasteiger partial charge >= 0.3 is 5.97 Å². The predicted octanol–water partition coefficient (Wildman–Crippen LogP) is 6.00. The normalized spacial score (nSPS) is 13.9. The Balaban J connectivity index is 1.45. The first-order chi connectivity index (χ1) is 18.4. The number of carbonyl (C=O) groups excluding carboxylic acids is 2. The molecule has 1 aliphatic heterocycles. The van der Waals surface area contributed by atoms with E-state index in [1.807, 2.05) is 0 Å². The number of piperidine rings is 1. The Kier molecular flexibility index (Phi) is 7.62. The zero-order valence-corrected chi connectivity index (χ0v) is 21.9. The molecule has 0 aliphatic carbocycles. The summed E-state index contributed by atoms with van der Waals surface area (Å²) in [5.74, 6) is 0.0930. The number of rotatable bonds is 8. The van der Waals surface area contributed by atoms with Crippen molar-refractivity contribution in [1.82, 2.24) is 4.90 Å². The summed E-state index contributed by atoms with van der Waals surface area (Å²) >= 11 is 1.31. The van der Waals surface area contributed by atoms with Crippen molar-refractivity contribution >= 4 is 33.2 Å². The van der Waals surface area contributed by atoms with Crippen LogP contribution in [0.4, 0.5) is 0 Å². The van der Waals surface area contributed by atoms with E-state index in [1.165, 1.54) is 43.6 Å². The molecule has 2 N–H and O–H groups in total. The summed E-state index contributed by atoms with van der Waals surface area (Å²) in [5.41, 5.74) is 1.52. The van der Waals surface area contributed by atoms with Crippen molar-refractivity contribution in [3.8, 4) is 33.4 Å². The second kappa shape index (κ2) is 11.2. The Bertz CT molecular complexity index is 1450. The van der Waals surface area contributed by atoms with E-state index in [0.29, 0.717) is 38.4 Å². The molecule has 4 aromatic rings. The minimum atomic E-state index is -0.506. The van der Waals surface area contributed by atoms with Gasteiger partial charge < -0.3 is 19.7 Å². The van der Waals surface area contributed by atoms with Gasteiger partial charge in [-0.05, 0) is 86.1 Å². The molecule has 196 valence electrons. The standard InChI is InChI=1S/C30H29NO6S/c1-19(32)37-24-17-25(34)27-26(18-24)38-30(21-5-9-22(33)10-6-21)28(27)29(35)20-7-11-23(12-8-20)36-16-15-31-13-3-2-4-14-31/h5-12,17-18,33-34H,2-4,13-16H2,1H3. The van der Waals surface area contributed by atoms with Gasteiger partial charge in [-0.2, -0.15) is 0 Å². The number of aromatic hydroxyl groups is 2. The minimum Gasteiger partial charge on any atom is -0.508 e. The third kappa shape index (κ3) is 5.66. The highest BCUT2D eigenvalue weighted by atomic mass is 32.1. The molecule has 1 aromatic heterocycles. The maximum Gasteiger partial charge on any atom is 0.308 e. The average Bonchev–Trinajstić information content (AvgIpc) is 3.29. The van der Waals surface area contributed by atoms with Gasteiger partial charge in [0.15, 0.2) is 5.78 Å². The van der Waals surface area contributed by atoms with Gasteiger partial charge in [-0.15, -0.1) is 11.3 Å². The number of hydrogen-bond acceptors (Lipinski definition) is 8. The number of nitrogens with zero attached hydrogens (tertiary/aromatic N) is 1. The van der Waals surface area contributed by atoms with Crippen LogP contribution in [-0.2, 0) is 4.79 Å². The van der Waals surface area contributed by atoms with Crippen molar-refractivity contribution in [2.24, 2.45) is 0 Å². The Morgan fingerprint density at radius 2 is 1.63 bits per heavy atom. The molecule has 38 heavy (non-hydrogen) atoms. The van der Waals surface area contributed by atoms with Crippen molar-refractivity contribution in [3.05, 3.63) is 71.8 Å². The lowest BCUT2D eigenvalue weighted by molar-refractivity contribution is -0.131. The smallest absolute Gasteiger partial charge is 0.308 e. The first kappa shape index (κ1) is 25.8. The summed E-state index contributed by atoms with van der Waals surface area (Å²) in [6, 6.07) is 16.6. The van der Waals surface area contributed by atoms with Crippen molar-refractivity contribution in [2.45, 2.75) is 26.2 Å². The number of phenols is 2. The number of carbonyl (C=O) groups is 2. The minimum absolute atomic E-state index is 0.110. The predicted molar refractivity (Wildman–Crippen MR) is 148 cm³/mol. The number of ether oxygens (including phenoxy) is 2. The topological polar surface area (TPSA) is 96.3 Å². The van der Waals surface area contributed by atoms with Crippen molar-refractivity contribution in [1.29, 1.82) is 0 Å². The third-order valence-electron chi connectivity index (χ3n) is 6.60. The molecular formula is C30H29NO6S. The molecule has 0 radical (unpaired) electrons. The van der Waals surface area contributed by atoms with E-state index in [2.05, 4.69) is 4.90 Å². The molecule has 8 heteroatoms. The van der Waals surface area contributed by atoms with Gasteiger partial charge in [0.1, 0.15) is 29.6 Å². The number of phenolic OH excluding ortho intramolecular Hbond substituents is 2. The highest BCUT2D eigenvalue weighted by molar-refractivity contribution is 7.23. The molecular weight excluding hydrogens is 502 g/mol. The maximum atomic E-state index is 13.8. The van der Waals surface area contributed by atoms with Gasteiger partial charge in [-0.1, -0.05) is 6.42 Å². The summed E-state index contributed by atoms with van der Waals surface area (Å²) in [7, 11) is 0. The summed E-state index contributed by atoms with van der Waals surface area (Å²) in [4.78, 5) is 28.4. The summed E-state index contributed by atoms with van der Waals surface area (Å²) < 4.78 is 11.7. The third-order valence-corrected chi connectivity index (χ3v) is 7.79. The van der Waals surface area contributed by atoms with E-state index < -0.39 is 5.97 Å². The van der Waals surface area contributed by atoms with Crippen LogP contribution in [0.5, 0.6) is 23.0 Å². The quantitative estimate of drug-likeness (QED) is 0.164. The number of benzene rings is 3. The first-order valence-corrected chi connectivity index (χ1v) is 13.5. The number of ketones is 1. The largest absolute Gasteiger partial charge is 0.508 e. The molecule has 2 heterocycles. The van der Waals surface area contributed by atoms with Crippen LogP contribution in [0.25, 0.3) is 20.5 Å². The second-order valence-corrected chi connectivity index (χ2v) is 10.4. The molecule has 0 amide bonds. The molecule has 3 aromatic carbocycles. The monoisotopic (exact) mass is 531 g/mol. The zero-order chi connectivity index (χ0) is 26.6. The highest BCUT2D eigenvalue weighted by Gasteiger charge is 2.25. The van der Waals surface area contributed by atoms with Gasteiger partial charge in [0.05, 0.1) is 5.56 Å². The molecule has 0 saturated carbocycles. The van der Waals surface area contributed by atoms with Gasteiger partial charge in [0.25, 0.3) is 0 Å². The number of esters is 1. The first-order valence-electron chi connectivity index (χ1n) is 12.7. The van der Waals surface area contributed by atoms with Gasteiger partial charge in [0, 0.05) is 40.1 Å². The maximum absolute atomic E-state index is 13.8. The lowest BCUT2D eigenvalue weighted by atomic mass is 9.97. The van der Waals surface area contributed by atoms with E-state index in [1.54, 1.807) is 54.6 Å². The van der Waals surface area contributed by atoms with Crippen LogP contribution in [0.1, 0.15) is 42.1 Å². The lowest BCUT2D eigenvalue weighted by Crippen LogP contribution is -2.33. The lowest BCUT2D eigenvalue weighted by Gasteiger charge is -2.26. The van der Waals surface area contributed by atoms with Crippen LogP contribution in [-0.4, -0.2) is 53.1 Å². The molecule has 5 rings (SSSR count).